The second-order valence-electron chi connectivity index (χ2n) is 8.78. The average Bonchev–Trinajstić information content (AvgIpc) is 3.57. The Morgan fingerprint density at radius 1 is 1.07 bits per heavy atom. The molecule has 5 rings (SSSR count). The van der Waals surface area contributed by atoms with Crippen LogP contribution in [0.1, 0.15) is 34.3 Å². The lowest BCUT2D eigenvalue weighted by Crippen LogP contribution is -2.14. The van der Waals surface area contributed by atoms with Crippen LogP contribution in [0.5, 0.6) is 5.75 Å². The smallest absolute Gasteiger partial charge is 0.358 e. The zero-order chi connectivity index (χ0) is 28.1. The number of nitrogens with one attached hydrogen (secondary N) is 1. The van der Waals surface area contributed by atoms with Crippen LogP contribution in [0.15, 0.2) is 54.6 Å². The third-order valence-electron chi connectivity index (χ3n) is 5.92. The molecule has 0 unspecified atom stereocenters. The van der Waals surface area contributed by atoms with E-state index >= 15 is 0 Å². The van der Waals surface area contributed by atoms with Crippen LogP contribution in [-0.2, 0) is 11.2 Å². The fraction of sp³-hybridized carbons (Fsp3) is 0.250. The number of thiazole rings is 2. The molecular weight excluding hydrogens is 551 g/mol. The highest BCUT2D eigenvalue weighted by Crippen LogP contribution is 2.33. The number of ether oxygens (including phenoxy) is 2. The molecule has 0 aliphatic heterocycles. The maximum absolute atomic E-state index is 13.8. The normalized spacial score (nSPS) is 11.0. The zero-order valence-electron chi connectivity index (χ0n) is 22.2. The number of benzene rings is 2. The predicted molar refractivity (Wildman–Crippen MR) is 156 cm³/mol. The van der Waals surface area contributed by atoms with Gasteiger partial charge >= 0.3 is 5.97 Å². The van der Waals surface area contributed by atoms with Crippen LogP contribution >= 0.6 is 22.7 Å². The molecule has 2 aromatic carbocycles. The van der Waals surface area contributed by atoms with Gasteiger partial charge in [-0.2, -0.15) is 0 Å². The highest BCUT2D eigenvalue weighted by Gasteiger charge is 2.22. The van der Waals surface area contributed by atoms with E-state index in [0.29, 0.717) is 36.2 Å². The first-order valence-corrected chi connectivity index (χ1v) is 14.3. The highest BCUT2D eigenvalue weighted by molar-refractivity contribution is 7.22. The van der Waals surface area contributed by atoms with Crippen molar-refractivity contribution in [1.29, 1.82) is 0 Å². The van der Waals surface area contributed by atoms with Gasteiger partial charge in [-0.15, -0.1) is 21.5 Å². The van der Waals surface area contributed by atoms with Crippen molar-refractivity contribution in [3.05, 3.63) is 76.5 Å². The van der Waals surface area contributed by atoms with Crippen molar-refractivity contribution in [3.63, 3.8) is 0 Å². The first-order chi connectivity index (χ1) is 19.4. The Morgan fingerprint density at radius 3 is 2.65 bits per heavy atom. The van der Waals surface area contributed by atoms with Gasteiger partial charge in [0, 0.05) is 11.9 Å². The molecule has 0 fully saturated rings. The molecule has 0 radical (unpaired) electrons. The largest absolute Gasteiger partial charge is 0.491 e. The van der Waals surface area contributed by atoms with Gasteiger partial charge in [0.15, 0.2) is 39.2 Å². The van der Waals surface area contributed by atoms with Crippen LogP contribution in [0, 0.1) is 12.7 Å². The SMILES string of the molecule is CCOC(=O)c1nc(N(C)c2cc(C)c(Nc3nc4ccccc4s3)nn2)sc1CCCOc1ccccc1F. The summed E-state index contributed by atoms with van der Waals surface area (Å²) in [5.41, 5.74) is 2.06. The molecule has 0 spiro atoms. The van der Waals surface area contributed by atoms with Gasteiger partial charge in [-0.3, -0.25) is 0 Å². The van der Waals surface area contributed by atoms with E-state index in [4.69, 9.17) is 9.47 Å². The van der Waals surface area contributed by atoms with Crippen LogP contribution in [-0.4, -0.2) is 46.4 Å². The topological polar surface area (TPSA) is 102 Å². The molecule has 1 N–H and O–H groups in total. The van der Waals surface area contributed by atoms with Crippen molar-refractivity contribution in [2.45, 2.75) is 26.7 Å². The van der Waals surface area contributed by atoms with Gasteiger partial charge in [0.2, 0.25) is 0 Å². The molecule has 0 aliphatic rings. The molecular formula is C28H27FN6O3S2. The van der Waals surface area contributed by atoms with Crippen molar-refractivity contribution in [1.82, 2.24) is 20.2 Å². The minimum Gasteiger partial charge on any atom is -0.491 e. The summed E-state index contributed by atoms with van der Waals surface area (Å²) in [5.74, 6) is 0.493. The number of carbonyl (C=O) groups is 1. The van der Waals surface area contributed by atoms with Gasteiger partial charge in [0.1, 0.15) is 0 Å². The second-order valence-corrected chi connectivity index (χ2v) is 10.9. The van der Waals surface area contributed by atoms with Crippen LogP contribution in [0.4, 0.5) is 26.3 Å². The number of rotatable bonds is 11. The van der Waals surface area contributed by atoms with E-state index in [9.17, 15) is 9.18 Å². The van der Waals surface area contributed by atoms with E-state index in [2.05, 4.69) is 25.5 Å². The van der Waals surface area contributed by atoms with Gasteiger partial charge in [-0.05, 0) is 62.6 Å². The summed E-state index contributed by atoms with van der Waals surface area (Å²) in [6.45, 7) is 4.22. The van der Waals surface area contributed by atoms with Gasteiger partial charge in [0.05, 0.1) is 23.4 Å². The quantitative estimate of drug-likeness (QED) is 0.136. The Balaban J connectivity index is 1.30. The lowest BCUT2D eigenvalue weighted by Gasteiger charge is -2.15. The number of hydrogen-bond acceptors (Lipinski definition) is 11. The number of aryl methyl sites for hydroxylation is 2. The Morgan fingerprint density at radius 2 is 1.88 bits per heavy atom. The number of hydrogen-bond donors (Lipinski definition) is 1. The number of para-hydroxylation sites is 2. The zero-order valence-corrected chi connectivity index (χ0v) is 23.8. The van der Waals surface area contributed by atoms with Crippen LogP contribution < -0.4 is 15.0 Å². The molecule has 5 aromatic rings. The maximum Gasteiger partial charge on any atom is 0.358 e. The van der Waals surface area contributed by atoms with Gasteiger partial charge in [-0.25, -0.2) is 19.2 Å². The maximum atomic E-state index is 13.8. The van der Waals surface area contributed by atoms with Crippen molar-refractivity contribution in [3.8, 4) is 5.75 Å². The van der Waals surface area contributed by atoms with Crippen LogP contribution in [0.25, 0.3) is 10.2 Å². The standard InChI is InChI=1S/C28H27FN6O3S2/c1-4-37-26(36)24-22(14-9-15-38-20-12-7-5-10-18(20)29)40-28(31-24)35(3)23-16-17(2)25(34-33-23)32-27-30-19-11-6-8-13-21(19)39-27/h5-8,10-13,16H,4,9,14-15H2,1-3H3,(H,30,32,34). The Labute approximate surface area is 238 Å². The van der Waals surface area contributed by atoms with Crippen molar-refractivity contribution in [2.75, 3.05) is 30.5 Å². The average molecular weight is 579 g/mol. The van der Waals surface area contributed by atoms with Crippen LogP contribution in [0.3, 0.4) is 0 Å². The number of anilines is 4. The lowest BCUT2D eigenvalue weighted by molar-refractivity contribution is 0.0519. The molecule has 9 nitrogen and oxygen atoms in total. The monoisotopic (exact) mass is 578 g/mol. The molecule has 3 heterocycles. The summed E-state index contributed by atoms with van der Waals surface area (Å²) >= 11 is 2.92. The Bertz CT molecular complexity index is 1610. The molecule has 0 aliphatic carbocycles. The van der Waals surface area contributed by atoms with Crippen molar-refractivity contribution < 1.29 is 18.7 Å². The number of fused-ring (bicyclic) bond motifs is 1. The van der Waals surface area contributed by atoms with E-state index in [-0.39, 0.29) is 18.1 Å². The van der Waals surface area contributed by atoms with Crippen molar-refractivity contribution in [2.24, 2.45) is 0 Å². The molecule has 3 aromatic heterocycles. The van der Waals surface area contributed by atoms with E-state index in [1.165, 1.54) is 17.4 Å². The van der Waals surface area contributed by atoms with Gasteiger partial charge < -0.3 is 19.7 Å². The summed E-state index contributed by atoms with van der Waals surface area (Å²) in [6, 6.07) is 16.1. The lowest BCUT2D eigenvalue weighted by atomic mass is 10.2. The van der Waals surface area contributed by atoms with E-state index in [0.717, 1.165) is 25.8 Å². The Hall–Kier alpha value is -4.16. The predicted octanol–water partition coefficient (Wildman–Crippen LogP) is 6.69. The molecule has 206 valence electrons. The number of aromatic nitrogens is 4. The first-order valence-electron chi connectivity index (χ1n) is 12.7. The minimum atomic E-state index is -0.485. The first kappa shape index (κ1) is 27.4. The molecule has 0 atom stereocenters. The molecule has 0 saturated heterocycles. The van der Waals surface area contributed by atoms with Crippen molar-refractivity contribution >= 4 is 60.8 Å². The number of nitrogens with zero attached hydrogens (tertiary/aromatic N) is 5. The minimum absolute atomic E-state index is 0.202. The third-order valence-corrected chi connectivity index (χ3v) is 8.06. The fourth-order valence-electron chi connectivity index (χ4n) is 3.87. The highest BCUT2D eigenvalue weighted by atomic mass is 32.1. The third kappa shape index (κ3) is 6.18. The van der Waals surface area contributed by atoms with Crippen LogP contribution in [0.2, 0.25) is 0 Å². The van der Waals surface area contributed by atoms with Gasteiger partial charge in [0.25, 0.3) is 0 Å². The summed E-state index contributed by atoms with van der Waals surface area (Å²) in [5, 5.41) is 13.3. The number of esters is 1. The number of carbonyl (C=O) groups excluding carboxylic acids is 1. The summed E-state index contributed by atoms with van der Waals surface area (Å²) in [4.78, 5) is 24.4. The fourth-order valence-corrected chi connectivity index (χ4v) is 5.80. The van der Waals surface area contributed by atoms with Gasteiger partial charge in [-0.1, -0.05) is 35.6 Å². The summed E-state index contributed by atoms with van der Waals surface area (Å²) < 4.78 is 25.7. The number of halogens is 1. The van der Waals surface area contributed by atoms with E-state index < -0.39 is 11.8 Å². The summed E-state index contributed by atoms with van der Waals surface area (Å²) in [6.07, 6.45) is 1.08. The molecule has 40 heavy (non-hydrogen) atoms. The Kier molecular flexibility index (Phi) is 8.46. The second kappa shape index (κ2) is 12.3. The molecule has 0 bridgehead atoms. The molecule has 12 heteroatoms. The van der Waals surface area contributed by atoms with E-state index in [1.54, 1.807) is 41.4 Å². The summed E-state index contributed by atoms with van der Waals surface area (Å²) in [7, 11) is 1.82. The van der Waals surface area contributed by atoms with E-state index in [1.807, 2.05) is 44.3 Å². The molecule has 0 saturated carbocycles. The molecule has 0 amide bonds.